The lowest BCUT2D eigenvalue weighted by molar-refractivity contribution is -0.142. The first-order chi connectivity index (χ1) is 39.4. The van der Waals surface area contributed by atoms with E-state index in [4.69, 9.17) is 38.1 Å². The maximum Gasteiger partial charge on any atom is 0.326 e. The van der Waals surface area contributed by atoms with E-state index in [-0.39, 0.29) is 80.4 Å². The maximum atomic E-state index is 12.4. The number of carbonyl (C=O) groups is 8. The lowest BCUT2D eigenvalue weighted by Crippen LogP contribution is -2.41. The fourth-order valence-electron chi connectivity index (χ4n) is 7.73. The minimum Gasteiger partial charge on any atom is -0.480 e. The van der Waals surface area contributed by atoms with Gasteiger partial charge in [0.25, 0.3) is 0 Å². The summed E-state index contributed by atoms with van der Waals surface area (Å²) in [5.74, 6) is -2.77. The van der Waals surface area contributed by atoms with Gasteiger partial charge in [-0.05, 0) is 76.3 Å². The zero-order chi connectivity index (χ0) is 59.5. The molecule has 0 bridgehead atoms. The number of aliphatic carboxylic acids is 2. The van der Waals surface area contributed by atoms with Crippen molar-refractivity contribution < 1.29 is 81.5 Å². The van der Waals surface area contributed by atoms with Crippen molar-refractivity contribution in [3.63, 3.8) is 0 Å². The van der Waals surface area contributed by atoms with Crippen LogP contribution in [0.3, 0.4) is 0 Å². The third-order valence-corrected chi connectivity index (χ3v) is 13.2. The van der Waals surface area contributed by atoms with Crippen molar-refractivity contribution in [1.29, 1.82) is 0 Å². The van der Waals surface area contributed by atoms with E-state index in [0.29, 0.717) is 163 Å². The van der Waals surface area contributed by atoms with Crippen LogP contribution in [0.1, 0.15) is 173 Å². The average Bonchev–Trinajstić information content (AvgIpc) is 3.44. The molecule has 0 aromatic heterocycles. The van der Waals surface area contributed by atoms with Crippen LogP contribution in [0.25, 0.3) is 0 Å². The average molecular weight is 1200 g/mol. The van der Waals surface area contributed by atoms with Gasteiger partial charge in [0.2, 0.25) is 35.4 Å². The lowest BCUT2D eigenvalue weighted by atomic mass is 10.0. The van der Waals surface area contributed by atoms with Crippen molar-refractivity contribution >= 4 is 72.2 Å². The van der Waals surface area contributed by atoms with Crippen molar-refractivity contribution in [2.75, 3.05) is 118 Å². The van der Waals surface area contributed by atoms with Gasteiger partial charge in [-0.3, -0.25) is 38.3 Å². The van der Waals surface area contributed by atoms with Crippen LogP contribution >= 0.6 is 24.9 Å². The first kappa shape index (κ1) is 77.1. The first-order valence-electron chi connectivity index (χ1n) is 29.6. The molecule has 0 saturated carbocycles. The van der Waals surface area contributed by atoms with Gasteiger partial charge < -0.3 is 75.1 Å². The number of unbranched alkanes of at least 4 members (excludes halogenated alkanes) is 13. The molecule has 10 N–H and O–H groups in total. The quantitative estimate of drug-likeness (QED) is 0.0220. The molecule has 0 heterocycles. The number of amides is 6. The Morgan fingerprint density at radius 2 is 0.642 bits per heavy atom. The number of carboxylic acid groups (broad SMARTS) is 2. The lowest BCUT2D eigenvalue weighted by Gasteiger charge is -2.14. The van der Waals surface area contributed by atoms with Gasteiger partial charge in [0.1, 0.15) is 12.1 Å². The molecule has 0 aliphatic carbocycles. The molecular formula is C55H103N7O17S2. The number of carbonyl (C=O) groups excluding carboxylic acids is 6. The van der Waals surface area contributed by atoms with Gasteiger partial charge in [0, 0.05) is 103 Å². The van der Waals surface area contributed by atoms with Gasteiger partial charge in [-0.1, -0.05) is 83.4 Å². The molecule has 0 aromatic carbocycles. The number of thiol groups is 1. The van der Waals surface area contributed by atoms with Gasteiger partial charge in [-0.25, -0.2) is 4.79 Å². The van der Waals surface area contributed by atoms with Crippen molar-refractivity contribution in [2.45, 2.75) is 185 Å². The van der Waals surface area contributed by atoms with Crippen molar-refractivity contribution in [3.05, 3.63) is 0 Å². The second kappa shape index (κ2) is 59.3. The number of carboxylic acids is 2. The SMILES string of the molecule is O=C(CCC(=O)NCCCOCCOCCOCCCNC(=O)CCC(=O)NCCCOCCOCCOCCCNC(=O)CCC(NC(=O)CCCCCCCCCCCCCCCSO)C(=O)O)NCCCCC(NS)C(=O)O. The number of hydrogen-bond donors (Lipinski definition) is 11. The van der Waals surface area contributed by atoms with E-state index in [9.17, 15) is 43.5 Å². The third kappa shape index (κ3) is 56.4. The summed E-state index contributed by atoms with van der Waals surface area (Å²) in [4.78, 5) is 95.4. The Hall–Kier alpha value is -3.86. The largest absolute Gasteiger partial charge is 0.480 e. The topological polar surface area (TPSA) is 337 Å². The van der Waals surface area contributed by atoms with E-state index < -0.39 is 24.0 Å². The minimum atomic E-state index is -1.16. The van der Waals surface area contributed by atoms with Gasteiger partial charge in [0.05, 0.1) is 52.9 Å². The highest BCUT2D eigenvalue weighted by atomic mass is 32.2. The zero-order valence-electron chi connectivity index (χ0n) is 48.4. The monoisotopic (exact) mass is 1200 g/mol. The Kier molecular flexibility index (Phi) is 56.5. The molecular weight excluding hydrogens is 1090 g/mol. The summed E-state index contributed by atoms with van der Waals surface area (Å²) in [6.07, 6.45) is 19.5. The normalized spacial score (nSPS) is 11.9. The molecule has 0 aromatic rings. The summed E-state index contributed by atoms with van der Waals surface area (Å²) in [6, 6.07) is -1.84. The van der Waals surface area contributed by atoms with E-state index in [1.807, 2.05) is 0 Å². The molecule has 2 unspecified atom stereocenters. The summed E-state index contributed by atoms with van der Waals surface area (Å²) in [5, 5.41) is 34.9. The molecule has 472 valence electrons. The second-order valence-electron chi connectivity index (χ2n) is 19.5. The predicted molar refractivity (Wildman–Crippen MR) is 313 cm³/mol. The van der Waals surface area contributed by atoms with E-state index in [1.54, 1.807) is 0 Å². The predicted octanol–water partition coefficient (Wildman–Crippen LogP) is 4.86. The van der Waals surface area contributed by atoms with Crippen LogP contribution in [0.4, 0.5) is 0 Å². The standard InChI is InChI=1S/C55H103N7O17S2/c63-48(23-22-46(54(69)70)61-53(68)21-12-10-8-6-4-2-1-3-5-7-9-11-15-45-81-73)57-29-16-33-74-37-41-78-42-38-76-35-18-31-59-51(66)26-27-52(67)60-32-19-36-77-40-44-79-43-39-75-34-17-30-58-50(65)25-24-49(64)56-28-14-13-20-47(62-80)55(71)72/h46-47,62,73,80H,1-45H2,(H,56,64)(H,57,63)(H,58,65)(H,59,66)(H,60,67)(H,61,68)(H,69,70)(H,71,72). The summed E-state index contributed by atoms with van der Waals surface area (Å²) >= 11 is 4.72. The van der Waals surface area contributed by atoms with Crippen LogP contribution < -0.4 is 36.6 Å². The summed E-state index contributed by atoms with van der Waals surface area (Å²) in [7, 11) is 0. The second-order valence-corrected chi connectivity index (χ2v) is 20.5. The summed E-state index contributed by atoms with van der Waals surface area (Å²) in [6.45, 7) is 6.91. The van der Waals surface area contributed by atoms with Gasteiger partial charge in [-0.15, -0.1) is 0 Å². The van der Waals surface area contributed by atoms with Crippen LogP contribution in [0.5, 0.6) is 0 Å². The Morgan fingerprint density at radius 1 is 0.333 bits per heavy atom. The van der Waals surface area contributed by atoms with Crippen LogP contribution in [0.2, 0.25) is 0 Å². The Labute approximate surface area is 491 Å². The van der Waals surface area contributed by atoms with Gasteiger partial charge in [-0.2, -0.15) is 0 Å². The first-order valence-corrected chi connectivity index (χ1v) is 31.0. The molecule has 81 heavy (non-hydrogen) atoms. The van der Waals surface area contributed by atoms with Crippen LogP contribution in [-0.4, -0.2) is 192 Å². The maximum absolute atomic E-state index is 12.4. The van der Waals surface area contributed by atoms with E-state index >= 15 is 0 Å². The van der Waals surface area contributed by atoms with Crippen molar-refractivity contribution in [1.82, 2.24) is 36.6 Å². The minimum absolute atomic E-state index is 0.0125. The molecule has 0 fully saturated rings. The zero-order valence-corrected chi connectivity index (χ0v) is 50.1. The summed E-state index contributed by atoms with van der Waals surface area (Å²) in [5.41, 5.74) is 0. The van der Waals surface area contributed by atoms with E-state index in [2.05, 4.69) is 49.4 Å². The molecule has 26 heteroatoms. The molecule has 6 amide bonds. The van der Waals surface area contributed by atoms with Crippen molar-refractivity contribution in [3.8, 4) is 0 Å². The van der Waals surface area contributed by atoms with Crippen LogP contribution in [-0.2, 0) is 66.8 Å². The molecule has 0 aliphatic rings. The van der Waals surface area contributed by atoms with Crippen LogP contribution in [0, 0.1) is 0 Å². The Morgan fingerprint density at radius 3 is 0.975 bits per heavy atom. The number of ether oxygens (including phenoxy) is 6. The molecule has 0 aliphatic heterocycles. The molecule has 0 rings (SSSR count). The molecule has 2 atom stereocenters. The fraction of sp³-hybridized carbons (Fsp3) is 0.855. The molecule has 0 radical (unpaired) electrons. The molecule has 0 spiro atoms. The third-order valence-electron chi connectivity index (χ3n) is 12.4. The van der Waals surface area contributed by atoms with Crippen molar-refractivity contribution in [2.24, 2.45) is 0 Å². The smallest absolute Gasteiger partial charge is 0.326 e. The number of rotatable bonds is 62. The fourth-order valence-corrected chi connectivity index (χ4v) is 8.30. The number of nitrogens with one attached hydrogen (secondary N) is 7. The molecule has 0 saturated heterocycles. The van der Waals surface area contributed by atoms with E-state index in [1.165, 1.54) is 51.4 Å². The Bertz CT molecular complexity index is 1610. The van der Waals surface area contributed by atoms with Gasteiger partial charge >= 0.3 is 11.9 Å². The highest BCUT2D eigenvalue weighted by Crippen LogP contribution is 2.14. The van der Waals surface area contributed by atoms with Crippen LogP contribution in [0.15, 0.2) is 0 Å². The summed E-state index contributed by atoms with van der Waals surface area (Å²) < 4.78 is 44.3. The van der Waals surface area contributed by atoms with Gasteiger partial charge in [0.15, 0.2) is 0 Å². The highest BCUT2D eigenvalue weighted by Gasteiger charge is 2.21. The van der Waals surface area contributed by atoms with E-state index in [0.717, 1.165) is 43.5 Å². The number of hydrogen-bond acceptors (Lipinski definition) is 18. The Balaban J connectivity index is 3.54. The highest BCUT2D eigenvalue weighted by molar-refractivity contribution is 7.93. The molecule has 24 nitrogen and oxygen atoms in total.